The van der Waals surface area contributed by atoms with Crippen molar-refractivity contribution in [3.63, 3.8) is 0 Å². The molecule has 0 fully saturated rings. The minimum absolute atomic E-state index is 0.177. The Balaban J connectivity index is 2.02. The van der Waals surface area contributed by atoms with Crippen molar-refractivity contribution in [2.45, 2.75) is 19.4 Å². The fraction of sp³-hybridized carbons (Fsp3) is 0.200. The van der Waals surface area contributed by atoms with Crippen LogP contribution in [0.2, 0.25) is 0 Å². The third-order valence-corrected chi connectivity index (χ3v) is 5.15. The van der Waals surface area contributed by atoms with Gasteiger partial charge in [0.1, 0.15) is 17.6 Å². The maximum atomic E-state index is 11.5. The molecule has 0 aliphatic carbocycles. The number of carboxylic acid groups (broad SMARTS) is 1. The van der Waals surface area contributed by atoms with Gasteiger partial charge in [-0.2, -0.15) is 0 Å². The van der Waals surface area contributed by atoms with Crippen LogP contribution in [0.4, 0.5) is 0 Å². The quantitative estimate of drug-likeness (QED) is 0.667. The lowest BCUT2D eigenvalue weighted by Gasteiger charge is -2.14. The second-order valence-corrected chi connectivity index (χ2v) is 7.34. The number of ether oxygens (including phenoxy) is 1. The van der Waals surface area contributed by atoms with Crippen molar-refractivity contribution in [2.75, 3.05) is 7.11 Å². The van der Waals surface area contributed by atoms with Gasteiger partial charge in [0.15, 0.2) is 5.82 Å². The number of hydrogen-bond donors (Lipinski definition) is 1. The van der Waals surface area contributed by atoms with Crippen LogP contribution in [0.3, 0.4) is 0 Å². The normalized spacial score (nSPS) is 15.2. The van der Waals surface area contributed by atoms with E-state index in [2.05, 4.69) is 26.1 Å². The highest BCUT2D eigenvalue weighted by Crippen LogP contribution is 2.34. The third kappa shape index (κ3) is 3.20. The van der Waals surface area contributed by atoms with Gasteiger partial charge in [-0.05, 0) is 37.3 Å². The Morgan fingerprint density at radius 1 is 1.21 bits per heavy atom. The smallest absolute Gasteiger partial charge is 0.306 e. The number of rotatable bonds is 4. The first-order valence-electron chi connectivity index (χ1n) is 8.64. The number of aromatic nitrogens is 3. The van der Waals surface area contributed by atoms with Gasteiger partial charge >= 0.3 is 5.97 Å². The number of aliphatic carboxylic acids is 1. The average molecular weight is 441 g/mol. The molecule has 4 rings (SSSR count). The summed E-state index contributed by atoms with van der Waals surface area (Å²) in [5.74, 6) is 0.926. The highest BCUT2D eigenvalue weighted by Gasteiger charge is 2.29. The van der Waals surface area contributed by atoms with Crippen LogP contribution in [0, 0.1) is 6.92 Å². The van der Waals surface area contributed by atoms with E-state index < -0.39 is 12.0 Å². The van der Waals surface area contributed by atoms with E-state index in [0.29, 0.717) is 23.1 Å². The van der Waals surface area contributed by atoms with Crippen molar-refractivity contribution in [2.24, 2.45) is 4.99 Å². The van der Waals surface area contributed by atoms with Crippen LogP contribution in [-0.4, -0.2) is 38.7 Å². The van der Waals surface area contributed by atoms with Crippen molar-refractivity contribution in [1.82, 2.24) is 14.8 Å². The Hall–Kier alpha value is -3.00. The minimum atomic E-state index is -0.945. The maximum Gasteiger partial charge on any atom is 0.306 e. The van der Waals surface area contributed by atoms with E-state index in [-0.39, 0.29) is 6.42 Å². The molecule has 0 radical (unpaired) electrons. The first-order valence-corrected chi connectivity index (χ1v) is 9.43. The molecule has 2 aromatic carbocycles. The number of nitrogens with zero attached hydrogens (tertiary/aromatic N) is 4. The molecule has 0 saturated heterocycles. The van der Waals surface area contributed by atoms with Crippen LogP contribution in [0.1, 0.15) is 35.2 Å². The number of benzene rings is 2. The molecule has 1 N–H and O–H groups in total. The lowest BCUT2D eigenvalue weighted by atomic mass is 10.00. The molecule has 1 atom stereocenters. The number of methoxy groups -OCH3 is 1. The van der Waals surface area contributed by atoms with Crippen molar-refractivity contribution < 1.29 is 14.6 Å². The zero-order valence-electron chi connectivity index (χ0n) is 15.3. The van der Waals surface area contributed by atoms with Gasteiger partial charge in [-0.3, -0.25) is 14.4 Å². The Labute approximate surface area is 169 Å². The monoisotopic (exact) mass is 440 g/mol. The highest BCUT2D eigenvalue weighted by molar-refractivity contribution is 9.10. The highest BCUT2D eigenvalue weighted by atomic mass is 79.9. The predicted molar refractivity (Wildman–Crippen MR) is 107 cm³/mol. The first kappa shape index (κ1) is 18.4. The molecule has 1 unspecified atom stereocenters. The number of fused-ring (bicyclic) bond motifs is 3. The molecule has 28 heavy (non-hydrogen) atoms. The minimum Gasteiger partial charge on any atom is -0.497 e. The molecule has 0 saturated carbocycles. The van der Waals surface area contributed by atoms with Crippen molar-refractivity contribution >= 4 is 27.6 Å². The van der Waals surface area contributed by atoms with Crippen LogP contribution in [0.15, 0.2) is 51.9 Å². The summed E-state index contributed by atoms with van der Waals surface area (Å²) < 4.78 is 8.24. The van der Waals surface area contributed by atoms with Crippen molar-refractivity contribution in [3.05, 3.63) is 69.7 Å². The molecule has 0 bridgehead atoms. The van der Waals surface area contributed by atoms with E-state index in [0.717, 1.165) is 21.3 Å². The Kier molecular flexibility index (Phi) is 4.72. The van der Waals surface area contributed by atoms with Gasteiger partial charge in [0.05, 0.1) is 24.9 Å². The van der Waals surface area contributed by atoms with Gasteiger partial charge in [-0.15, -0.1) is 10.2 Å². The van der Waals surface area contributed by atoms with Crippen molar-refractivity contribution in [3.8, 4) is 11.4 Å². The zero-order chi connectivity index (χ0) is 19.8. The summed E-state index contributed by atoms with van der Waals surface area (Å²) >= 11 is 3.45. The number of halogens is 1. The van der Waals surface area contributed by atoms with Gasteiger partial charge in [0, 0.05) is 15.6 Å². The van der Waals surface area contributed by atoms with E-state index in [1.807, 2.05) is 54.0 Å². The fourth-order valence-corrected chi connectivity index (χ4v) is 3.61. The molecule has 1 aliphatic heterocycles. The molecular weight excluding hydrogens is 424 g/mol. The van der Waals surface area contributed by atoms with E-state index in [9.17, 15) is 9.90 Å². The maximum absolute atomic E-state index is 11.5. The van der Waals surface area contributed by atoms with Gasteiger partial charge < -0.3 is 9.84 Å². The second-order valence-electron chi connectivity index (χ2n) is 6.42. The number of hydrogen-bond acceptors (Lipinski definition) is 5. The number of carbonyl (C=O) groups is 1. The zero-order valence-corrected chi connectivity index (χ0v) is 16.8. The molecule has 0 amide bonds. The summed E-state index contributed by atoms with van der Waals surface area (Å²) in [6.45, 7) is 1.84. The Morgan fingerprint density at radius 3 is 2.64 bits per heavy atom. The van der Waals surface area contributed by atoms with E-state index >= 15 is 0 Å². The van der Waals surface area contributed by atoms with Gasteiger partial charge in [0.2, 0.25) is 0 Å². The summed E-state index contributed by atoms with van der Waals surface area (Å²) in [6, 6.07) is 12.8. The molecule has 1 aliphatic rings. The van der Waals surface area contributed by atoms with E-state index in [1.54, 1.807) is 7.11 Å². The SMILES string of the molecule is COc1ccc2c(c1)C(c1ccc(Br)cc1)=NC(CC(=O)O)c1nnc(C)n1-2. The Bertz CT molecular complexity index is 1090. The van der Waals surface area contributed by atoms with Gasteiger partial charge in [-0.25, -0.2) is 0 Å². The second kappa shape index (κ2) is 7.20. The van der Waals surface area contributed by atoms with Crippen molar-refractivity contribution in [1.29, 1.82) is 0 Å². The number of aryl methyl sites for hydroxylation is 1. The molecule has 8 heteroatoms. The Morgan fingerprint density at radius 2 is 1.96 bits per heavy atom. The standard InChI is InChI=1S/C20H17BrN4O3/c1-11-23-24-20-16(10-18(26)27)22-19(12-3-5-13(21)6-4-12)15-9-14(28-2)7-8-17(15)25(11)20/h3-9,16H,10H2,1-2H3,(H,26,27). The fourth-order valence-electron chi connectivity index (χ4n) is 3.34. The lowest BCUT2D eigenvalue weighted by Crippen LogP contribution is -2.10. The summed E-state index contributed by atoms with van der Waals surface area (Å²) in [5, 5.41) is 17.8. The predicted octanol–water partition coefficient (Wildman–Crippen LogP) is 3.71. The molecule has 0 spiro atoms. The average Bonchev–Trinajstić information content (AvgIpc) is 3.00. The first-order chi connectivity index (χ1) is 13.5. The molecule has 2 heterocycles. The summed E-state index contributed by atoms with van der Waals surface area (Å²) in [6.07, 6.45) is -0.177. The third-order valence-electron chi connectivity index (χ3n) is 4.62. The lowest BCUT2D eigenvalue weighted by molar-refractivity contribution is -0.137. The van der Waals surface area contributed by atoms with Crippen LogP contribution < -0.4 is 4.74 Å². The van der Waals surface area contributed by atoms with Crippen LogP contribution in [0.25, 0.3) is 5.69 Å². The van der Waals surface area contributed by atoms with Gasteiger partial charge in [-0.1, -0.05) is 28.1 Å². The van der Waals surface area contributed by atoms with Crippen LogP contribution in [0.5, 0.6) is 5.75 Å². The number of aliphatic imine (C=N–C) groups is 1. The summed E-state index contributed by atoms with van der Waals surface area (Å²) in [5.41, 5.74) is 3.24. The van der Waals surface area contributed by atoms with E-state index in [4.69, 9.17) is 9.73 Å². The molecule has 7 nitrogen and oxygen atoms in total. The van der Waals surface area contributed by atoms with Crippen LogP contribution in [-0.2, 0) is 4.79 Å². The molecule has 3 aromatic rings. The number of carboxylic acids is 1. The summed E-state index contributed by atoms with van der Waals surface area (Å²) in [4.78, 5) is 16.3. The topological polar surface area (TPSA) is 89.6 Å². The van der Waals surface area contributed by atoms with E-state index in [1.165, 1.54) is 0 Å². The van der Waals surface area contributed by atoms with Crippen LogP contribution >= 0.6 is 15.9 Å². The largest absolute Gasteiger partial charge is 0.497 e. The molecule has 142 valence electrons. The summed E-state index contributed by atoms with van der Waals surface area (Å²) in [7, 11) is 1.61. The molecular formula is C20H17BrN4O3. The van der Waals surface area contributed by atoms with Gasteiger partial charge in [0.25, 0.3) is 0 Å². The molecule has 1 aromatic heterocycles.